The number of hydrogen-bond donors (Lipinski definition) is 2. The molecule has 0 radical (unpaired) electrons. The van der Waals surface area contributed by atoms with Crippen molar-refractivity contribution in [3.8, 4) is 23.7 Å². The lowest BCUT2D eigenvalue weighted by Crippen LogP contribution is -1.99. The number of nitrogens with two attached hydrogens (primary N) is 1. The van der Waals surface area contributed by atoms with Crippen molar-refractivity contribution in [2.45, 2.75) is 33.1 Å². The van der Waals surface area contributed by atoms with E-state index in [1.807, 2.05) is 6.20 Å². The second-order valence-corrected chi connectivity index (χ2v) is 4.60. The van der Waals surface area contributed by atoms with Crippen LogP contribution in [-0.2, 0) is 0 Å². The fourth-order valence-corrected chi connectivity index (χ4v) is 1.55. The number of H-pyrrole nitrogens is 1. The highest BCUT2D eigenvalue weighted by molar-refractivity contribution is 5.29. The summed E-state index contributed by atoms with van der Waals surface area (Å²) in [5.74, 6) is 13.4. The second-order valence-electron chi connectivity index (χ2n) is 4.60. The molecule has 0 fully saturated rings. The van der Waals surface area contributed by atoms with Crippen LogP contribution in [0.25, 0.3) is 0 Å². The van der Waals surface area contributed by atoms with Crippen LogP contribution < -0.4 is 5.73 Å². The van der Waals surface area contributed by atoms with Gasteiger partial charge in [-0.3, -0.25) is 5.10 Å². The molecule has 1 aromatic rings. The summed E-state index contributed by atoms with van der Waals surface area (Å²) in [6.45, 7) is 4.84. The average molecular weight is 243 g/mol. The summed E-state index contributed by atoms with van der Waals surface area (Å²) in [5.41, 5.74) is 6.27. The monoisotopic (exact) mass is 243 g/mol. The zero-order chi connectivity index (χ0) is 13.2. The molecule has 2 atom stereocenters. The molecule has 3 heteroatoms. The maximum absolute atomic E-state index is 5.32. The van der Waals surface area contributed by atoms with Gasteiger partial charge in [0.25, 0.3) is 0 Å². The van der Waals surface area contributed by atoms with Gasteiger partial charge >= 0.3 is 0 Å². The van der Waals surface area contributed by atoms with Crippen molar-refractivity contribution in [1.82, 2.24) is 10.2 Å². The van der Waals surface area contributed by atoms with Gasteiger partial charge in [-0.1, -0.05) is 31.6 Å². The van der Waals surface area contributed by atoms with E-state index < -0.39 is 0 Å². The van der Waals surface area contributed by atoms with Gasteiger partial charge in [-0.05, 0) is 18.8 Å². The highest BCUT2D eigenvalue weighted by Gasteiger charge is 2.03. The van der Waals surface area contributed by atoms with Crippen LogP contribution in [0.5, 0.6) is 0 Å². The molecular formula is C15H21N3. The highest BCUT2D eigenvalue weighted by atomic mass is 15.1. The Labute approximate surface area is 110 Å². The number of nitrogens with zero attached hydrogens (tertiary/aromatic N) is 1. The zero-order valence-electron chi connectivity index (χ0n) is 11.2. The Balaban J connectivity index is 2.26. The van der Waals surface area contributed by atoms with E-state index in [2.05, 4.69) is 47.7 Å². The van der Waals surface area contributed by atoms with Crippen LogP contribution in [0.3, 0.4) is 0 Å². The molecule has 18 heavy (non-hydrogen) atoms. The van der Waals surface area contributed by atoms with Gasteiger partial charge in [-0.25, -0.2) is 0 Å². The average Bonchev–Trinajstić information content (AvgIpc) is 2.87. The Bertz CT molecular complexity index is 440. The van der Waals surface area contributed by atoms with Crippen molar-refractivity contribution < 1.29 is 0 Å². The lowest BCUT2D eigenvalue weighted by Gasteiger charge is -2.08. The van der Waals surface area contributed by atoms with Gasteiger partial charge in [-0.2, -0.15) is 5.10 Å². The minimum Gasteiger partial charge on any atom is -0.320 e. The first-order chi connectivity index (χ1) is 8.72. The molecule has 0 amide bonds. The molecule has 0 bridgehead atoms. The molecule has 1 unspecified atom stereocenters. The molecule has 96 valence electrons. The van der Waals surface area contributed by atoms with Crippen molar-refractivity contribution in [3.05, 3.63) is 18.0 Å². The van der Waals surface area contributed by atoms with Crippen LogP contribution >= 0.6 is 0 Å². The first-order valence-corrected chi connectivity index (χ1v) is 6.38. The minimum atomic E-state index is 0.407. The van der Waals surface area contributed by atoms with E-state index >= 15 is 0 Å². The molecule has 3 N–H and O–H groups in total. The van der Waals surface area contributed by atoms with Crippen LogP contribution in [0.2, 0.25) is 0 Å². The summed E-state index contributed by atoms with van der Waals surface area (Å²) in [7, 11) is 0. The smallest absolute Gasteiger partial charge is 0.0644 e. The minimum absolute atomic E-state index is 0.407. The Kier molecular flexibility index (Phi) is 6.69. The lowest BCUT2D eigenvalue weighted by atomic mass is 9.96. The molecule has 0 saturated carbocycles. The summed E-state index contributed by atoms with van der Waals surface area (Å²) < 4.78 is 0. The summed E-state index contributed by atoms with van der Waals surface area (Å²) in [5, 5.41) is 6.62. The fraction of sp³-hybridized carbons (Fsp3) is 0.533. The molecule has 1 heterocycles. The van der Waals surface area contributed by atoms with Gasteiger partial charge in [0, 0.05) is 18.5 Å². The third-order valence-electron chi connectivity index (χ3n) is 2.73. The van der Waals surface area contributed by atoms with Crippen LogP contribution in [0, 0.1) is 35.5 Å². The van der Waals surface area contributed by atoms with Crippen molar-refractivity contribution in [2.75, 3.05) is 6.54 Å². The predicted molar refractivity (Wildman–Crippen MR) is 74.5 cm³/mol. The maximum Gasteiger partial charge on any atom is 0.0644 e. The van der Waals surface area contributed by atoms with Crippen LogP contribution in [0.15, 0.2) is 12.4 Å². The largest absolute Gasteiger partial charge is 0.320 e. The van der Waals surface area contributed by atoms with E-state index in [-0.39, 0.29) is 0 Å². The number of aromatic amines is 1. The molecular weight excluding hydrogens is 222 g/mol. The van der Waals surface area contributed by atoms with Crippen LogP contribution in [-0.4, -0.2) is 16.7 Å². The van der Waals surface area contributed by atoms with Crippen molar-refractivity contribution in [2.24, 2.45) is 17.6 Å². The molecule has 0 saturated heterocycles. The third kappa shape index (κ3) is 6.13. The van der Waals surface area contributed by atoms with E-state index in [1.165, 1.54) is 0 Å². The van der Waals surface area contributed by atoms with E-state index in [4.69, 9.17) is 5.73 Å². The van der Waals surface area contributed by atoms with Gasteiger partial charge in [-0.15, -0.1) is 5.92 Å². The van der Waals surface area contributed by atoms with E-state index in [0.717, 1.165) is 24.8 Å². The number of rotatable bonds is 4. The SMILES string of the molecule is CC(CC#CCN)CC[C@@H](C)C#Cc1cn[nH]c1. The number of hydrogen-bond acceptors (Lipinski definition) is 2. The second kappa shape index (κ2) is 8.39. The normalized spacial score (nSPS) is 12.8. The first-order valence-electron chi connectivity index (χ1n) is 6.38. The first kappa shape index (κ1) is 14.4. The molecule has 0 aliphatic heterocycles. The molecule has 0 aliphatic carbocycles. The van der Waals surface area contributed by atoms with E-state index in [0.29, 0.717) is 18.4 Å². The van der Waals surface area contributed by atoms with Gasteiger partial charge in [0.05, 0.1) is 18.3 Å². The molecule has 1 rings (SSSR count). The molecule has 0 spiro atoms. The van der Waals surface area contributed by atoms with Gasteiger partial charge < -0.3 is 5.73 Å². The molecule has 0 aromatic carbocycles. The van der Waals surface area contributed by atoms with Gasteiger partial charge in [0.15, 0.2) is 0 Å². The van der Waals surface area contributed by atoms with Gasteiger partial charge in [0.2, 0.25) is 0 Å². The summed E-state index contributed by atoms with van der Waals surface area (Å²) >= 11 is 0. The quantitative estimate of drug-likeness (QED) is 0.796. The Hall–Kier alpha value is -1.71. The van der Waals surface area contributed by atoms with Crippen LogP contribution in [0.1, 0.15) is 38.7 Å². The third-order valence-corrected chi connectivity index (χ3v) is 2.73. The maximum atomic E-state index is 5.32. The van der Waals surface area contributed by atoms with Crippen LogP contribution in [0.4, 0.5) is 0 Å². The van der Waals surface area contributed by atoms with Gasteiger partial charge in [0.1, 0.15) is 0 Å². The molecule has 0 aliphatic rings. The highest BCUT2D eigenvalue weighted by Crippen LogP contribution is 2.14. The zero-order valence-corrected chi connectivity index (χ0v) is 11.2. The van der Waals surface area contributed by atoms with E-state index in [1.54, 1.807) is 6.20 Å². The van der Waals surface area contributed by atoms with Crippen molar-refractivity contribution in [3.63, 3.8) is 0 Å². The number of nitrogens with one attached hydrogen (secondary N) is 1. The summed E-state index contributed by atoms with van der Waals surface area (Å²) in [6, 6.07) is 0. The summed E-state index contributed by atoms with van der Waals surface area (Å²) in [4.78, 5) is 0. The Morgan fingerprint density at radius 3 is 2.83 bits per heavy atom. The summed E-state index contributed by atoms with van der Waals surface area (Å²) in [6.07, 6.45) is 6.74. The van der Waals surface area contributed by atoms with Crippen molar-refractivity contribution >= 4 is 0 Å². The predicted octanol–water partition coefficient (Wildman–Crippen LogP) is 2.17. The standard InChI is InChI=1S/C15H21N3/c1-13(5-3-4-10-16)6-7-14(2)8-9-15-11-17-18-12-15/h11-14H,5-7,10,16H2,1-2H3,(H,17,18)/t13?,14-/m1/s1. The molecule has 1 aromatic heterocycles. The van der Waals surface area contributed by atoms with E-state index in [9.17, 15) is 0 Å². The van der Waals surface area contributed by atoms with Crippen molar-refractivity contribution in [1.29, 1.82) is 0 Å². The fourth-order valence-electron chi connectivity index (χ4n) is 1.55. The number of aromatic nitrogens is 2. The Morgan fingerprint density at radius 2 is 2.17 bits per heavy atom. The molecule has 3 nitrogen and oxygen atoms in total. The topological polar surface area (TPSA) is 54.7 Å². The Morgan fingerprint density at radius 1 is 1.33 bits per heavy atom. The lowest BCUT2D eigenvalue weighted by molar-refractivity contribution is 0.485.